The van der Waals surface area contributed by atoms with E-state index in [0.717, 1.165) is 5.56 Å². The summed E-state index contributed by atoms with van der Waals surface area (Å²) in [6.45, 7) is 0.792. The highest BCUT2D eigenvalue weighted by atomic mass is 32.2. The molecule has 1 atom stereocenters. The minimum atomic E-state index is -3.38. The van der Waals surface area contributed by atoms with E-state index in [1.54, 1.807) is 18.2 Å². The van der Waals surface area contributed by atoms with E-state index in [0.29, 0.717) is 37.9 Å². The van der Waals surface area contributed by atoms with Crippen LogP contribution in [0.2, 0.25) is 0 Å². The Labute approximate surface area is 141 Å². The van der Waals surface area contributed by atoms with Crippen LogP contribution in [0.25, 0.3) is 0 Å². The zero-order chi connectivity index (χ0) is 17.3. The first-order chi connectivity index (χ1) is 11.4. The lowest BCUT2D eigenvalue weighted by Gasteiger charge is -2.31. The maximum Gasteiger partial charge on any atom is 0.321 e. The van der Waals surface area contributed by atoms with Crippen LogP contribution in [-0.2, 0) is 21.1 Å². The summed E-state index contributed by atoms with van der Waals surface area (Å²) in [5, 5.41) is 2.71. The number of likely N-dealkylation sites (tertiary alicyclic amines) is 1. The SMILES string of the molecule is NC(=O)[C@H]1CCCN(C(=O)Nc2cccc3c2S(=O)(=O)CCC3)C1. The van der Waals surface area contributed by atoms with Gasteiger partial charge in [-0.2, -0.15) is 0 Å². The second-order valence-electron chi connectivity index (χ2n) is 6.33. The molecule has 7 nitrogen and oxygen atoms in total. The van der Waals surface area contributed by atoms with Gasteiger partial charge in [0.25, 0.3) is 0 Å². The van der Waals surface area contributed by atoms with Gasteiger partial charge >= 0.3 is 6.03 Å². The molecule has 1 aromatic rings. The number of nitrogens with one attached hydrogen (secondary N) is 1. The summed E-state index contributed by atoms with van der Waals surface area (Å²) in [6.07, 6.45) is 2.66. The Bertz CT molecular complexity index is 776. The number of primary amides is 1. The van der Waals surface area contributed by atoms with Crippen molar-refractivity contribution in [1.82, 2.24) is 4.90 Å². The molecule has 0 aromatic heterocycles. The molecule has 3 rings (SSSR count). The molecule has 0 aliphatic carbocycles. The smallest absolute Gasteiger partial charge is 0.321 e. The van der Waals surface area contributed by atoms with E-state index < -0.39 is 21.8 Å². The third kappa shape index (κ3) is 3.24. The van der Waals surface area contributed by atoms with Crippen molar-refractivity contribution in [3.05, 3.63) is 23.8 Å². The Kier molecular flexibility index (Phi) is 4.49. The number of carbonyl (C=O) groups excluding carboxylic acids is 2. The molecule has 0 bridgehead atoms. The molecule has 3 N–H and O–H groups in total. The van der Waals surface area contributed by atoms with Gasteiger partial charge in [-0.3, -0.25) is 4.79 Å². The maximum atomic E-state index is 12.5. The number of carbonyl (C=O) groups is 2. The summed E-state index contributed by atoms with van der Waals surface area (Å²) in [5.41, 5.74) is 6.39. The number of urea groups is 1. The summed E-state index contributed by atoms with van der Waals surface area (Å²) in [6, 6.07) is 4.74. The number of aryl methyl sites for hydroxylation is 1. The van der Waals surface area contributed by atoms with E-state index in [1.807, 2.05) is 0 Å². The lowest BCUT2D eigenvalue weighted by atomic mass is 9.98. The predicted octanol–water partition coefficient (Wildman–Crippen LogP) is 1.14. The molecule has 0 unspecified atom stereocenters. The average Bonchev–Trinajstić information content (AvgIpc) is 2.54. The summed E-state index contributed by atoms with van der Waals surface area (Å²) in [7, 11) is -3.38. The minimum absolute atomic E-state index is 0.0976. The second-order valence-corrected chi connectivity index (χ2v) is 8.38. The highest BCUT2D eigenvalue weighted by Crippen LogP contribution is 2.32. The summed E-state index contributed by atoms with van der Waals surface area (Å²) in [4.78, 5) is 25.6. The number of sulfone groups is 1. The van der Waals surface area contributed by atoms with E-state index in [2.05, 4.69) is 5.32 Å². The van der Waals surface area contributed by atoms with Gasteiger partial charge in [-0.15, -0.1) is 0 Å². The van der Waals surface area contributed by atoms with E-state index in [9.17, 15) is 18.0 Å². The van der Waals surface area contributed by atoms with E-state index in [-0.39, 0.29) is 23.1 Å². The lowest BCUT2D eigenvalue weighted by Crippen LogP contribution is -2.46. The second kappa shape index (κ2) is 6.43. The summed E-state index contributed by atoms with van der Waals surface area (Å²) >= 11 is 0. The van der Waals surface area contributed by atoms with Gasteiger partial charge < -0.3 is 16.0 Å². The zero-order valence-electron chi connectivity index (χ0n) is 13.3. The Morgan fingerprint density at radius 1 is 1.25 bits per heavy atom. The topological polar surface area (TPSA) is 110 Å². The summed E-state index contributed by atoms with van der Waals surface area (Å²) in [5.74, 6) is -0.662. The number of benzene rings is 1. The molecule has 3 amide bonds. The number of anilines is 1. The van der Waals surface area contributed by atoms with Crippen molar-refractivity contribution in [2.75, 3.05) is 24.2 Å². The van der Waals surface area contributed by atoms with Crippen LogP contribution in [0.15, 0.2) is 23.1 Å². The van der Waals surface area contributed by atoms with Crippen LogP contribution in [0.5, 0.6) is 0 Å². The Morgan fingerprint density at radius 2 is 2.04 bits per heavy atom. The van der Waals surface area contributed by atoms with Crippen LogP contribution < -0.4 is 11.1 Å². The van der Waals surface area contributed by atoms with E-state index in [1.165, 1.54) is 4.90 Å². The number of amides is 3. The van der Waals surface area contributed by atoms with Crippen LogP contribution in [-0.4, -0.2) is 44.1 Å². The zero-order valence-corrected chi connectivity index (χ0v) is 14.1. The molecule has 1 fully saturated rings. The van der Waals surface area contributed by atoms with Crippen LogP contribution in [0, 0.1) is 5.92 Å². The number of hydrogen-bond acceptors (Lipinski definition) is 4. The minimum Gasteiger partial charge on any atom is -0.369 e. The molecule has 0 radical (unpaired) electrons. The Morgan fingerprint density at radius 3 is 2.79 bits per heavy atom. The fraction of sp³-hybridized carbons (Fsp3) is 0.500. The molecule has 24 heavy (non-hydrogen) atoms. The van der Waals surface area contributed by atoms with E-state index in [4.69, 9.17) is 5.73 Å². The normalized spacial score (nSPS) is 22.5. The van der Waals surface area contributed by atoms with Gasteiger partial charge in [0.1, 0.15) is 0 Å². The quantitative estimate of drug-likeness (QED) is 0.832. The van der Waals surface area contributed by atoms with Gasteiger partial charge in [0.05, 0.1) is 22.3 Å². The third-order valence-electron chi connectivity index (χ3n) is 4.62. The molecule has 1 aromatic carbocycles. The van der Waals surface area contributed by atoms with Crippen molar-refractivity contribution in [2.24, 2.45) is 11.7 Å². The number of nitrogens with zero attached hydrogens (tertiary/aromatic N) is 1. The number of piperidine rings is 1. The van der Waals surface area contributed by atoms with Crippen molar-refractivity contribution in [3.63, 3.8) is 0 Å². The monoisotopic (exact) mass is 351 g/mol. The molecular weight excluding hydrogens is 330 g/mol. The number of fused-ring (bicyclic) bond motifs is 1. The predicted molar refractivity (Wildman–Crippen MR) is 89.3 cm³/mol. The fourth-order valence-electron chi connectivity index (χ4n) is 3.39. The van der Waals surface area contributed by atoms with Gasteiger partial charge in [-0.25, -0.2) is 13.2 Å². The highest BCUT2D eigenvalue weighted by molar-refractivity contribution is 7.91. The van der Waals surface area contributed by atoms with Gasteiger partial charge in [0, 0.05) is 13.1 Å². The number of rotatable bonds is 2. The van der Waals surface area contributed by atoms with Crippen molar-refractivity contribution in [3.8, 4) is 0 Å². The molecule has 130 valence electrons. The summed E-state index contributed by atoms with van der Waals surface area (Å²) < 4.78 is 24.7. The van der Waals surface area contributed by atoms with Gasteiger partial charge in [0.15, 0.2) is 9.84 Å². The first-order valence-electron chi connectivity index (χ1n) is 8.08. The third-order valence-corrected chi connectivity index (χ3v) is 6.55. The first-order valence-corrected chi connectivity index (χ1v) is 9.73. The average molecular weight is 351 g/mol. The van der Waals surface area contributed by atoms with Gasteiger partial charge in [0.2, 0.25) is 5.91 Å². The first kappa shape index (κ1) is 16.8. The lowest BCUT2D eigenvalue weighted by molar-refractivity contribution is -0.123. The highest BCUT2D eigenvalue weighted by Gasteiger charge is 2.30. The molecule has 0 saturated carbocycles. The van der Waals surface area contributed by atoms with Crippen molar-refractivity contribution < 1.29 is 18.0 Å². The molecule has 8 heteroatoms. The van der Waals surface area contributed by atoms with E-state index >= 15 is 0 Å². The van der Waals surface area contributed by atoms with Crippen LogP contribution >= 0.6 is 0 Å². The van der Waals surface area contributed by atoms with Gasteiger partial charge in [-0.05, 0) is 37.3 Å². The molecule has 2 aliphatic heterocycles. The molecule has 2 aliphatic rings. The van der Waals surface area contributed by atoms with Crippen molar-refractivity contribution in [1.29, 1.82) is 0 Å². The Hall–Kier alpha value is -2.09. The number of hydrogen-bond donors (Lipinski definition) is 2. The fourth-order valence-corrected chi connectivity index (χ4v) is 5.14. The molecule has 2 heterocycles. The van der Waals surface area contributed by atoms with Crippen LogP contribution in [0.1, 0.15) is 24.8 Å². The van der Waals surface area contributed by atoms with Crippen molar-refractivity contribution >= 4 is 27.5 Å². The maximum absolute atomic E-state index is 12.5. The van der Waals surface area contributed by atoms with Crippen molar-refractivity contribution in [2.45, 2.75) is 30.6 Å². The van der Waals surface area contributed by atoms with Crippen LogP contribution in [0.4, 0.5) is 10.5 Å². The number of nitrogens with two attached hydrogens (primary N) is 1. The Balaban J connectivity index is 1.82. The van der Waals surface area contributed by atoms with Crippen LogP contribution in [0.3, 0.4) is 0 Å². The standard InChI is InChI=1S/C16H21N3O4S/c17-15(20)12-5-2-8-19(10-12)16(21)18-13-7-1-4-11-6-3-9-24(22,23)14(11)13/h1,4,7,12H,2-3,5-6,8-10H2,(H2,17,20)(H,18,21)/t12-/m0/s1. The molecule has 1 saturated heterocycles. The molecular formula is C16H21N3O4S. The van der Waals surface area contributed by atoms with Gasteiger partial charge in [-0.1, -0.05) is 12.1 Å². The largest absolute Gasteiger partial charge is 0.369 e. The molecule has 0 spiro atoms.